The van der Waals surface area contributed by atoms with E-state index in [1.165, 1.54) is 19.9 Å². The number of Topliss-reactive ketones (excluding diaryl/α,β-unsaturated/α-hetero) is 3. The highest BCUT2D eigenvalue weighted by Crippen LogP contribution is 2.56. The maximum Gasteiger partial charge on any atom is 0.341 e. The fourth-order valence-electron chi connectivity index (χ4n) is 7.19. The molecule has 248 valence electrons. The number of allylic oxidation sites excluding steroid dienone is 2. The van der Waals surface area contributed by atoms with Crippen molar-refractivity contribution in [2.24, 2.45) is 0 Å². The van der Waals surface area contributed by atoms with Crippen LogP contribution in [0.3, 0.4) is 0 Å². The van der Waals surface area contributed by atoms with Crippen LogP contribution < -0.4 is 5.32 Å². The smallest absolute Gasteiger partial charge is 0.341 e. The van der Waals surface area contributed by atoms with Crippen molar-refractivity contribution in [2.45, 2.75) is 68.5 Å². The summed E-state index contributed by atoms with van der Waals surface area (Å²) in [5.41, 5.74) is -8.77. The Hall–Kier alpha value is -4.51. The van der Waals surface area contributed by atoms with E-state index in [2.05, 4.69) is 5.32 Å². The molecule has 0 radical (unpaired) electrons. The Bertz CT molecular complexity index is 1850. The molecule has 0 amide bonds. The number of fused-ring (bicyclic) bond motifs is 5. The first kappa shape index (κ1) is 32.4. The molecule has 0 aromatic heterocycles. The minimum absolute atomic E-state index is 0.0179. The zero-order valence-corrected chi connectivity index (χ0v) is 25.5. The summed E-state index contributed by atoms with van der Waals surface area (Å²) in [6.45, 7) is 2.91. The molecule has 6 rings (SSSR count). The number of aryl methyl sites for hydroxylation is 2. The highest BCUT2D eigenvalue weighted by molar-refractivity contribution is 6.30. The van der Waals surface area contributed by atoms with E-state index in [0.29, 0.717) is 0 Å². The van der Waals surface area contributed by atoms with Gasteiger partial charge in [0.15, 0.2) is 23.2 Å². The molecule has 0 unspecified atom stereocenters. The Kier molecular flexibility index (Phi) is 7.43. The number of hydrogen-bond acceptors (Lipinski definition) is 15. The van der Waals surface area contributed by atoms with Crippen LogP contribution in [0.1, 0.15) is 81.8 Å². The third-order valence-corrected chi connectivity index (χ3v) is 9.64. The number of rotatable bonds is 4. The molecule has 1 fully saturated rings. The molecule has 2 aromatic carbocycles. The normalized spacial score (nSPS) is 31.3. The monoisotopic (exact) mass is 653 g/mol. The van der Waals surface area contributed by atoms with Gasteiger partial charge in [0, 0.05) is 29.9 Å². The summed E-state index contributed by atoms with van der Waals surface area (Å²) in [5, 5.41) is 68.2. The van der Waals surface area contributed by atoms with Gasteiger partial charge >= 0.3 is 5.97 Å². The quantitative estimate of drug-likeness (QED) is 0.205. The van der Waals surface area contributed by atoms with Crippen molar-refractivity contribution in [3.05, 3.63) is 68.4 Å². The van der Waals surface area contributed by atoms with E-state index in [1.807, 2.05) is 0 Å². The van der Waals surface area contributed by atoms with Crippen LogP contribution in [-0.4, -0.2) is 110 Å². The first-order valence-corrected chi connectivity index (χ1v) is 14.6. The second kappa shape index (κ2) is 10.8. The number of carbonyl (C=O) groups excluding carboxylic acids is 5. The number of carbonyl (C=O) groups is 5. The molecule has 2 aromatic rings. The topological polar surface area (TPSA) is 246 Å². The van der Waals surface area contributed by atoms with Gasteiger partial charge in [-0.1, -0.05) is 6.07 Å². The number of phenolic OH excluding ortho intramolecular Hbond substituents is 2. The lowest BCUT2D eigenvalue weighted by Gasteiger charge is -2.50. The zero-order chi connectivity index (χ0) is 34.5. The van der Waals surface area contributed by atoms with Crippen LogP contribution in [0.5, 0.6) is 11.5 Å². The van der Waals surface area contributed by atoms with E-state index in [1.54, 1.807) is 0 Å². The third-order valence-electron chi connectivity index (χ3n) is 9.64. The molecule has 7 atom stereocenters. The number of ether oxygens (including phenoxy) is 3. The average molecular weight is 654 g/mol. The van der Waals surface area contributed by atoms with Crippen molar-refractivity contribution in [1.29, 1.82) is 0 Å². The lowest BCUT2D eigenvalue weighted by atomic mass is 9.57. The molecule has 15 nitrogen and oxygen atoms in total. The molecule has 0 spiro atoms. The minimum atomic E-state index is -2.98. The van der Waals surface area contributed by atoms with Crippen LogP contribution in [0, 0.1) is 6.92 Å². The third kappa shape index (κ3) is 4.11. The molecule has 1 aliphatic heterocycles. The summed E-state index contributed by atoms with van der Waals surface area (Å²) >= 11 is 0. The molecule has 0 saturated carbocycles. The molecule has 0 bridgehead atoms. The second-order valence-electron chi connectivity index (χ2n) is 12.0. The summed E-state index contributed by atoms with van der Waals surface area (Å²) in [6, 6.07) is 2.32. The predicted octanol–water partition coefficient (Wildman–Crippen LogP) is -0.529. The number of aliphatic hydroxyl groups excluding tert-OH is 3. The van der Waals surface area contributed by atoms with Crippen LogP contribution in [0.2, 0.25) is 0 Å². The predicted molar refractivity (Wildman–Crippen MR) is 155 cm³/mol. The summed E-state index contributed by atoms with van der Waals surface area (Å²) in [6.07, 6.45) is -6.88. The molecule has 3 aliphatic carbocycles. The van der Waals surface area contributed by atoms with Crippen molar-refractivity contribution in [3.8, 4) is 11.5 Å². The van der Waals surface area contributed by atoms with Gasteiger partial charge in [-0.3, -0.25) is 19.2 Å². The highest BCUT2D eigenvalue weighted by atomic mass is 16.5. The van der Waals surface area contributed by atoms with Crippen molar-refractivity contribution in [3.63, 3.8) is 0 Å². The average Bonchev–Trinajstić information content (AvgIpc) is 3.03. The van der Waals surface area contributed by atoms with Crippen LogP contribution in [0.25, 0.3) is 0 Å². The number of esters is 1. The van der Waals surface area contributed by atoms with Gasteiger partial charge < -0.3 is 50.2 Å². The molecule has 1 heterocycles. The second-order valence-corrected chi connectivity index (χ2v) is 12.0. The Morgan fingerprint density at radius 1 is 0.957 bits per heavy atom. The van der Waals surface area contributed by atoms with Gasteiger partial charge in [0.2, 0.25) is 17.3 Å². The number of nitrogens with one attached hydrogen (secondary N) is 1. The van der Waals surface area contributed by atoms with Gasteiger partial charge in [-0.15, -0.1) is 0 Å². The van der Waals surface area contributed by atoms with Gasteiger partial charge in [-0.2, -0.15) is 0 Å². The number of aromatic hydroxyl groups is 2. The standard InChI is InChI=1S/C32H31NO14/c1-10-7-12-5-6-31(46-4)28(42)19-14(27(41)32(31,44)20(12)24(38)17(10)30(43)45-3)8-13-18(23(19)37)16(34)9-15(22(13)36)33-29-26(40)25(39)21(35)11(2)47-29/h7-9,11,21,25-26,29,33,35,37-40,44H,5-6H2,1-4H3/t11-,21-,25+,26+,29-,31-,32+/m0/s1. The largest absolute Gasteiger partial charge is 0.507 e. The SMILES string of the molecule is COC(=O)c1c(C)cc2c(c1O)[C@@]1(O)C(=O)c3cc4c(c(O)c3C(=O)[C@@]1(OC)CC2)C(=O)C=C(N[C@H]1O[C@@H](C)[C@H](O)[C@@H](O)[C@H]1O)C4=O. The summed E-state index contributed by atoms with van der Waals surface area (Å²) in [7, 11) is 2.11. The van der Waals surface area contributed by atoms with E-state index in [0.717, 1.165) is 26.4 Å². The number of phenols is 2. The molecule has 7 N–H and O–H groups in total. The van der Waals surface area contributed by atoms with Crippen LogP contribution >= 0.6 is 0 Å². The van der Waals surface area contributed by atoms with Crippen molar-refractivity contribution < 1.29 is 68.8 Å². The molecule has 15 heteroatoms. The number of hydrogen-bond donors (Lipinski definition) is 7. The summed E-state index contributed by atoms with van der Waals surface area (Å²) < 4.78 is 15.8. The van der Waals surface area contributed by atoms with Crippen LogP contribution in [0.4, 0.5) is 0 Å². The Morgan fingerprint density at radius 2 is 1.64 bits per heavy atom. The van der Waals surface area contributed by atoms with Crippen LogP contribution in [0.15, 0.2) is 23.9 Å². The number of aliphatic hydroxyl groups is 4. The van der Waals surface area contributed by atoms with Gasteiger partial charge in [0.05, 0.1) is 30.0 Å². The molecule has 1 saturated heterocycles. The fraction of sp³-hybridized carbons (Fsp3) is 0.406. The van der Waals surface area contributed by atoms with E-state index < -0.39 is 116 Å². The lowest BCUT2D eigenvalue weighted by Crippen LogP contribution is -2.67. The van der Waals surface area contributed by atoms with Gasteiger partial charge in [0.25, 0.3) is 0 Å². The molecule has 4 aliphatic rings. The summed E-state index contributed by atoms with van der Waals surface area (Å²) in [5.74, 6) is -7.18. The maximum absolute atomic E-state index is 14.5. The molecule has 47 heavy (non-hydrogen) atoms. The number of ketones is 4. The molecular weight excluding hydrogens is 622 g/mol. The van der Waals surface area contributed by atoms with Crippen molar-refractivity contribution in [1.82, 2.24) is 5.32 Å². The first-order valence-electron chi connectivity index (χ1n) is 14.6. The number of methoxy groups -OCH3 is 2. The zero-order valence-electron chi connectivity index (χ0n) is 25.5. The summed E-state index contributed by atoms with van der Waals surface area (Å²) in [4.78, 5) is 68.4. The van der Waals surface area contributed by atoms with E-state index in [9.17, 15) is 54.6 Å². The fourth-order valence-corrected chi connectivity index (χ4v) is 7.19. The lowest BCUT2D eigenvalue weighted by molar-refractivity contribution is -0.222. The van der Waals surface area contributed by atoms with E-state index in [4.69, 9.17) is 14.2 Å². The van der Waals surface area contributed by atoms with Crippen molar-refractivity contribution in [2.75, 3.05) is 14.2 Å². The van der Waals surface area contributed by atoms with E-state index >= 15 is 0 Å². The first-order chi connectivity index (χ1) is 22.1. The Morgan fingerprint density at radius 3 is 2.28 bits per heavy atom. The van der Waals surface area contributed by atoms with Crippen molar-refractivity contribution >= 4 is 29.1 Å². The van der Waals surface area contributed by atoms with Gasteiger partial charge in [-0.05, 0) is 43.9 Å². The van der Waals surface area contributed by atoms with Gasteiger partial charge in [-0.25, -0.2) is 4.79 Å². The Labute approximate surface area is 266 Å². The molecular formula is C32H31NO14. The Balaban J connectivity index is 1.51. The van der Waals surface area contributed by atoms with Gasteiger partial charge in [0.1, 0.15) is 35.4 Å². The van der Waals surface area contributed by atoms with Crippen LogP contribution in [-0.2, 0) is 26.2 Å². The van der Waals surface area contributed by atoms with E-state index in [-0.39, 0.29) is 29.5 Å². The minimum Gasteiger partial charge on any atom is -0.507 e. The highest BCUT2D eigenvalue weighted by Gasteiger charge is 2.69. The maximum atomic E-state index is 14.5. The number of benzene rings is 2.